The Morgan fingerprint density at radius 2 is 1.73 bits per heavy atom. The molecule has 0 atom stereocenters. The van der Waals surface area contributed by atoms with E-state index in [-0.39, 0.29) is 29.0 Å². The lowest BCUT2D eigenvalue weighted by molar-refractivity contribution is -0.114. The lowest BCUT2D eigenvalue weighted by Crippen LogP contribution is -2.55. The summed E-state index contributed by atoms with van der Waals surface area (Å²) in [5.41, 5.74) is 8.74. The van der Waals surface area contributed by atoms with Crippen LogP contribution < -0.4 is 11.1 Å². The number of urea groups is 1. The van der Waals surface area contributed by atoms with Gasteiger partial charge in [-0.2, -0.15) is 0 Å². The molecule has 1 aromatic rings. The molecule has 9 heteroatoms. The smallest absolute Gasteiger partial charge is 0.409 e. The molecule has 4 rings (SSSR count). The third kappa shape index (κ3) is 6.09. The van der Waals surface area contributed by atoms with Crippen LogP contribution in [0.4, 0.5) is 9.59 Å². The molecule has 3 amide bonds. The molecule has 0 aliphatic carbocycles. The molecule has 202 valence electrons. The van der Waals surface area contributed by atoms with Crippen molar-refractivity contribution >= 4 is 17.9 Å². The van der Waals surface area contributed by atoms with Crippen LogP contribution in [-0.4, -0.2) is 78.5 Å². The van der Waals surface area contributed by atoms with Gasteiger partial charge in [0.25, 0.3) is 0 Å². The van der Waals surface area contributed by atoms with Crippen molar-refractivity contribution in [3.8, 4) is 0 Å². The zero-order chi connectivity index (χ0) is 26.6. The van der Waals surface area contributed by atoms with Crippen LogP contribution in [0.15, 0.2) is 35.7 Å². The first-order valence-electron chi connectivity index (χ1n) is 13.5. The molecule has 2 saturated heterocycles. The number of piperidine rings is 2. The van der Waals surface area contributed by atoms with Crippen LogP contribution in [0.3, 0.4) is 0 Å². The summed E-state index contributed by atoms with van der Waals surface area (Å²) in [6.07, 6.45) is 3.76. The highest BCUT2D eigenvalue weighted by atomic mass is 16.6. The third-order valence-corrected chi connectivity index (χ3v) is 8.18. The van der Waals surface area contributed by atoms with Gasteiger partial charge in [-0.25, -0.2) is 9.59 Å². The van der Waals surface area contributed by atoms with Gasteiger partial charge in [0, 0.05) is 50.8 Å². The van der Waals surface area contributed by atoms with Gasteiger partial charge in [0.05, 0.1) is 6.61 Å². The number of ketones is 1. The van der Waals surface area contributed by atoms with Crippen molar-refractivity contribution in [1.29, 1.82) is 0 Å². The normalized spacial score (nSPS) is 20.7. The maximum atomic E-state index is 13.2. The van der Waals surface area contributed by atoms with Gasteiger partial charge in [0.15, 0.2) is 5.78 Å². The molecule has 37 heavy (non-hydrogen) atoms. The predicted molar refractivity (Wildman–Crippen MR) is 142 cm³/mol. The van der Waals surface area contributed by atoms with E-state index in [0.717, 1.165) is 58.4 Å². The number of allylic oxidation sites excluding steroid dienone is 2. The SMILES string of the molecule is CCOC(=O)N1CCC(CN2CCC3(CC2)CN(C(=O)N/C(C(C)=O)=C(\C)N)Cc2ccccc23)CC1. The molecule has 9 nitrogen and oxygen atoms in total. The van der Waals surface area contributed by atoms with Gasteiger partial charge in [0.1, 0.15) is 5.70 Å². The zero-order valence-electron chi connectivity index (χ0n) is 22.4. The van der Waals surface area contributed by atoms with Crippen molar-refractivity contribution in [2.75, 3.05) is 45.9 Å². The Labute approximate surface area is 220 Å². The number of ether oxygens (including phenoxy) is 1. The van der Waals surface area contributed by atoms with Crippen molar-refractivity contribution in [2.24, 2.45) is 11.7 Å². The number of benzene rings is 1. The lowest BCUT2D eigenvalue weighted by Gasteiger charge is -2.49. The van der Waals surface area contributed by atoms with Gasteiger partial charge in [-0.3, -0.25) is 4.79 Å². The average Bonchev–Trinajstić information content (AvgIpc) is 2.88. The van der Waals surface area contributed by atoms with Gasteiger partial charge in [-0.05, 0) is 69.7 Å². The van der Waals surface area contributed by atoms with Crippen molar-refractivity contribution < 1.29 is 19.1 Å². The van der Waals surface area contributed by atoms with Crippen LogP contribution in [0.5, 0.6) is 0 Å². The van der Waals surface area contributed by atoms with Crippen LogP contribution in [0.1, 0.15) is 57.6 Å². The Bertz CT molecular complexity index is 1030. The van der Waals surface area contributed by atoms with E-state index in [9.17, 15) is 14.4 Å². The van der Waals surface area contributed by atoms with E-state index in [1.165, 1.54) is 18.1 Å². The number of Topliss-reactive ketones (excluding diaryl/α,β-unsaturated/α-hetero) is 1. The van der Waals surface area contributed by atoms with Crippen LogP contribution >= 0.6 is 0 Å². The first-order valence-corrected chi connectivity index (χ1v) is 13.5. The van der Waals surface area contributed by atoms with E-state index < -0.39 is 0 Å². The molecule has 0 bridgehead atoms. The fraction of sp³-hybridized carbons (Fsp3) is 0.607. The highest BCUT2D eigenvalue weighted by Gasteiger charge is 2.43. The zero-order valence-corrected chi connectivity index (χ0v) is 22.4. The number of hydrogen-bond donors (Lipinski definition) is 2. The monoisotopic (exact) mass is 511 g/mol. The fourth-order valence-electron chi connectivity index (χ4n) is 6.15. The number of amides is 3. The standard InChI is InChI=1S/C28H41N5O4/c1-4-37-27(36)32-13-9-22(10-14-32)17-31-15-11-28(12-16-31)19-33(18-23-7-5-6-8-24(23)28)26(35)30-25(20(2)29)21(3)34/h5-8,22H,4,9-19,29H2,1-3H3,(H,30,35)/b25-20+. The molecular weight excluding hydrogens is 470 g/mol. The number of fused-ring (bicyclic) bond motifs is 2. The Morgan fingerprint density at radius 3 is 2.35 bits per heavy atom. The summed E-state index contributed by atoms with van der Waals surface area (Å²) in [5, 5.41) is 2.77. The minimum atomic E-state index is -0.278. The summed E-state index contributed by atoms with van der Waals surface area (Å²) in [6, 6.07) is 8.16. The number of rotatable bonds is 5. The maximum absolute atomic E-state index is 13.2. The highest BCUT2D eigenvalue weighted by molar-refractivity contribution is 5.97. The van der Waals surface area contributed by atoms with E-state index in [0.29, 0.717) is 31.3 Å². The van der Waals surface area contributed by atoms with Crippen molar-refractivity contribution in [3.05, 3.63) is 46.8 Å². The number of carbonyl (C=O) groups excluding carboxylic acids is 3. The van der Waals surface area contributed by atoms with Gasteiger partial charge >= 0.3 is 12.1 Å². The Balaban J connectivity index is 1.39. The Kier molecular flexibility index (Phi) is 8.42. The van der Waals surface area contributed by atoms with E-state index >= 15 is 0 Å². The van der Waals surface area contributed by atoms with E-state index in [2.05, 4.69) is 28.4 Å². The molecule has 2 fully saturated rings. The van der Waals surface area contributed by atoms with E-state index in [4.69, 9.17) is 10.5 Å². The summed E-state index contributed by atoms with van der Waals surface area (Å²) in [4.78, 5) is 43.4. The molecule has 3 heterocycles. The number of nitrogens with one attached hydrogen (secondary N) is 1. The molecule has 3 aliphatic rings. The van der Waals surface area contributed by atoms with Crippen LogP contribution in [0.25, 0.3) is 0 Å². The van der Waals surface area contributed by atoms with Crippen molar-refractivity contribution in [3.63, 3.8) is 0 Å². The second-order valence-electron chi connectivity index (χ2n) is 10.8. The minimum absolute atomic E-state index is 0.103. The second-order valence-corrected chi connectivity index (χ2v) is 10.8. The Hall–Kier alpha value is -3.07. The van der Waals surface area contributed by atoms with Crippen LogP contribution in [0.2, 0.25) is 0 Å². The summed E-state index contributed by atoms with van der Waals surface area (Å²) < 4.78 is 5.15. The molecule has 0 aromatic heterocycles. The quantitative estimate of drug-likeness (QED) is 0.588. The van der Waals surface area contributed by atoms with Gasteiger partial charge in [-0.1, -0.05) is 24.3 Å². The van der Waals surface area contributed by atoms with Crippen molar-refractivity contribution in [1.82, 2.24) is 20.0 Å². The maximum Gasteiger partial charge on any atom is 0.409 e. The number of nitrogens with two attached hydrogens (primary N) is 1. The summed E-state index contributed by atoms with van der Waals surface area (Å²) in [5.74, 6) is 0.332. The number of carbonyl (C=O) groups is 3. The summed E-state index contributed by atoms with van der Waals surface area (Å²) in [7, 11) is 0. The van der Waals surface area contributed by atoms with Crippen LogP contribution in [0, 0.1) is 5.92 Å². The molecule has 0 radical (unpaired) electrons. The lowest BCUT2D eigenvalue weighted by atomic mass is 9.68. The highest BCUT2D eigenvalue weighted by Crippen LogP contribution is 2.42. The molecule has 1 aromatic carbocycles. The van der Waals surface area contributed by atoms with Gasteiger partial charge < -0.3 is 30.5 Å². The molecule has 3 aliphatic heterocycles. The van der Waals surface area contributed by atoms with Gasteiger partial charge in [0.2, 0.25) is 0 Å². The summed E-state index contributed by atoms with van der Waals surface area (Å²) >= 11 is 0. The first-order chi connectivity index (χ1) is 17.7. The molecule has 0 unspecified atom stereocenters. The number of likely N-dealkylation sites (tertiary alicyclic amines) is 2. The largest absolute Gasteiger partial charge is 0.450 e. The van der Waals surface area contributed by atoms with E-state index in [1.54, 1.807) is 6.92 Å². The minimum Gasteiger partial charge on any atom is -0.450 e. The fourth-order valence-corrected chi connectivity index (χ4v) is 6.15. The van der Waals surface area contributed by atoms with Crippen molar-refractivity contribution in [2.45, 2.75) is 58.4 Å². The molecule has 1 spiro atoms. The average molecular weight is 512 g/mol. The predicted octanol–water partition coefficient (Wildman–Crippen LogP) is 3.19. The topological polar surface area (TPSA) is 108 Å². The molecule has 3 N–H and O–H groups in total. The van der Waals surface area contributed by atoms with E-state index in [1.807, 2.05) is 22.8 Å². The first kappa shape index (κ1) is 27.0. The number of nitrogens with zero attached hydrogens (tertiary/aromatic N) is 3. The molecular formula is C28H41N5O4. The molecule has 0 saturated carbocycles. The second kappa shape index (κ2) is 11.5. The van der Waals surface area contributed by atoms with Crippen LogP contribution in [-0.2, 0) is 21.5 Å². The number of hydrogen-bond acceptors (Lipinski definition) is 6. The third-order valence-electron chi connectivity index (χ3n) is 8.18. The summed E-state index contributed by atoms with van der Waals surface area (Å²) in [6.45, 7) is 10.9. The van der Waals surface area contributed by atoms with Gasteiger partial charge in [-0.15, -0.1) is 0 Å². The Morgan fingerprint density at radius 1 is 1.05 bits per heavy atom.